The van der Waals surface area contributed by atoms with Crippen molar-refractivity contribution in [3.63, 3.8) is 0 Å². The van der Waals surface area contributed by atoms with Gasteiger partial charge in [-0.05, 0) is 23.6 Å². The van der Waals surface area contributed by atoms with E-state index in [0.29, 0.717) is 18.9 Å². The Morgan fingerprint density at radius 2 is 2.16 bits per heavy atom. The zero-order valence-electron chi connectivity index (χ0n) is 13.5. The number of thiophene rings is 1. The lowest BCUT2D eigenvalue weighted by Gasteiger charge is -2.15. The van der Waals surface area contributed by atoms with Gasteiger partial charge in [0, 0.05) is 30.8 Å². The summed E-state index contributed by atoms with van der Waals surface area (Å²) in [4.78, 5) is 19.0. The first-order valence-electron chi connectivity index (χ1n) is 7.69. The van der Waals surface area contributed by atoms with Crippen LogP contribution in [0.4, 0.5) is 8.78 Å². The van der Waals surface area contributed by atoms with Crippen LogP contribution in [-0.2, 0) is 17.8 Å². The molecule has 4 nitrogen and oxygen atoms in total. The maximum absolute atomic E-state index is 13.8. The molecule has 130 valence electrons. The highest BCUT2D eigenvalue weighted by atomic mass is 32.1. The molecule has 0 atom stereocenters. The van der Waals surface area contributed by atoms with E-state index >= 15 is 0 Å². The van der Waals surface area contributed by atoms with Crippen molar-refractivity contribution >= 4 is 17.2 Å². The summed E-state index contributed by atoms with van der Waals surface area (Å²) in [5.74, 6) is -0.834. The highest BCUT2D eigenvalue weighted by Crippen LogP contribution is 2.24. The van der Waals surface area contributed by atoms with Gasteiger partial charge in [0.1, 0.15) is 11.6 Å². The van der Waals surface area contributed by atoms with Crippen molar-refractivity contribution in [2.24, 2.45) is 0 Å². The fourth-order valence-corrected chi connectivity index (χ4v) is 3.13. The molecule has 0 aliphatic heterocycles. The van der Waals surface area contributed by atoms with Crippen LogP contribution in [0.25, 0.3) is 11.3 Å². The van der Waals surface area contributed by atoms with Gasteiger partial charge in [0.2, 0.25) is 5.91 Å². The first-order valence-corrected chi connectivity index (χ1v) is 8.57. The number of aryl methyl sites for hydroxylation is 1. The molecule has 25 heavy (non-hydrogen) atoms. The van der Waals surface area contributed by atoms with Gasteiger partial charge in [-0.15, -0.1) is 11.3 Å². The Labute approximate surface area is 147 Å². The van der Waals surface area contributed by atoms with E-state index in [-0.39, 0.29) is 23.7 Å². The number of oxazole rings is 1. The number of nitrogens with zero attached hydrogens (tertiary/aromatic N) is 2. The zero-order chi connectivity index (χ0) is 17.8. The third-order valence-corrected chi connectivity index (χ3v) is 4.56. The molecule has 0 saturated heterocycles. The minimum atomic E-state index is -0.713. The average molecular weight is 362 g/mol. The highest BCUT2D eigenvalue weighted by molar-refractivity contribution is 7.09. The Bertz CT molecular complexity index is 862. The molecule has 0 spiro atoms. The summed E-state index contributed by atoms with van der Waals surface area (Å²) in [7, 11) is 1.75. The van der Waals surface area contributed by atoms with Crippen molar-refractivity contribution in [2.45, 2.75) is 19.4 Å². The Morgan fingerprint density at radius 3 is 2.88 bits per heavy atom. The summed E-state index contributed by atoms with van der Waals surface area (Å²) in [6.07, 6.45) is 1.94. The van der Waals surface area contributed by atoms with E-state index in [1.165, 1.54) is 12.3 Å². The summed E-state index contributed by atoms with van der Waals surface area (Å²) >= 11 is 1.60. The van der Waals surface area contributed by atoms with Gasteiger partial charge in [0.05, 0.1) is 18.3 Å². The number of carbonyl (C=O) groups excluding carboxylic acids is 1. The first-order chi connectivity index (χ1) is 12.0. The normalized spacial score (nSPS) is 10.8. The third kappa shape index (κ3) is 4.30. The lowest BCUT2D eigenvalue weighted by Crippen LogP contribution is -2.26. The second kappa shape index (κ2) is 7.57. The van der Waals surface area contributed by atoms with E-state index in [2.05, 4.69) is 4.98 Å². The quantitative estimate of drug-likeness (QED) is 0.658. The van der Waals surface area contributed by atoms with Crippen LogP contribution in [0, 0.1) is 11.6 Å². The molecule has 2 heterocycles. The molecule has 3 aromatic rings. The number of carbonyl (C=O) groups is 1. The molecule has 0 unspecified atom stereocenters. The third-order valence-electron chi connectivity index (χ3n) is 3.70. The van der Waals surface area contributed by atoms with Crippen LogP contribution in [0.5, 0.6) is 0 Å². The molecule has 3 rings (SSSR count). The van der Waals surface area contributed by atoms with Gasteiger partial charge in [-0.25, -0.2) is 13.8 Å². The standard InChI is InChI=1S/C18H16F2N2O2S/c1-22(11-13-3-2-8-25-13)18(23)7-6-17-21-10-16(24-17)14-5-4-12(19)9-15(14)20/h2-5,8-10H,6-7,11H2,1H3. The van der Waals surface area contributed by atoms with Crippen LogP contribution in [-0.4, -0.2) is 22.8 Å². The Morgan fingerprint density at radius 1 is 1.32 bits per heavy atom. The number of hydrogen-bond acceptors (Lipinski definition) is 4. The van der Waals surface area contributed by atoms with Gasteiger partial charge >= 0.3 is 0 Å². The number of halogens is 2. The van der Waals surface area contributed by atoms with E-state index in [9.17, 15) is 13.6 Å². The minimum absolute atomic E-state index is 0.0267. The predicted molar refractivity (Wildman–Crippen MR) is 91.0 cm³/mol. The summed E-state index contributed by atoms with van der Waals surface area (Å²) < 4.78 is 32.2. The van der Waals surface area contributed by atoms with Crippen LogP contribution >= 0.6 is 11.3 Å². The fourth-order valence-electron chi connectivity index (χ4n) is 2.37. The number of hydrogen-bond donors (Lipinski definition) is 0. The van der Waals surface area contributed by atoms with Crippen molar-refractivity contribution in [3.05, 3.63) is 64.3 Å². The summed E-state index contributed by atoms with van der Waals surface area (Å²) in [6.45, 7) is 0.564. The Kier molecular flexibility index (Phi) is 5.23. The molecule has 0 N–H and O–H groups in total. The van der Waals surface area contributed by atoms with Crippen molar-refractivity contribution < 1.29 is 18.0 Å². The van der Waals surface area contributed by atoms with E-state index < -0.39 is 11.6 Å². The molecule has 2 aromatic heterocycles. The zero-order valence-corrected chi connectivity index (χ0v) is 14.4. The summed E-state index contributed by atoms with van der Waals surface area (Å²) in [6, 6.07) is 7.17. The molecular weight excluding hydrogens is 346 g/mol. The molecule has 0 fully saturated rings. The van der Waals surface area contributed by atoms with Gasteiger partial charge in [0.15, 0.2) is 11.7 Å². The van der Waals surface area contributed by atoms with Gasteiger partial charge in [-0.2, -0.15) is 0 Å². The van der Waals surface area contributed by atoms with E-state index in [1.807, 2.05) is 17.5 Å². The average Bonchev–Trinajstić information content (AvgIpc) is 3.24. The number of aromatic nitrogens is 1. The van der Waals surface area contributed by atoms with Crippen LogP contribution in [0.15, 0.2) is 46.3 Å². The molecule has 0 radical (unpaired) electrons. The van der Waals surface area contributed by atoms with Crippen molar-refractivity contribution in [3.8, 4) is 11.3 Å². The van der Waals surface area contributed by atoms with Crippen molar-refractivity contribution in [2.75, 3.05) is 7.05 Å². The Hall–Kier alpha value is -2.54. The van der Waals surface area contributed by atoms with Gasteiger partial charge in [-0.1, -0.05) is 6.07 Å². The SMILES string of the molecule is CN(Cc1cccs1)C(=O)CCc1ncc(-c2ccc(F)cc2F)o1. The number of amides is 1. The largest absolute Gasteiger partial charge is 0.441 e. The molecule has 7 heteroatoms. The topological polar surface area (TPSA) is 46.3 Å². The minimum Gasteiger partial charge on any atom is -0.441 e. The van der Waals surface area contributed by atoms with E-state index in [1.54, 1.807) is 23.3 Å². The van der Waals surface area contributed by atoms with E-state index in [4.69, 9.17) is 4.42 Å². The van der Waals surface area contributed by atoms with Crippen LogP contribution in [0.1, 0.15) is 17.2 Å². The van der Waals surface area contributed by atoms with Gasteiger partial charge in [0.25, 0.3) is 0 Å². The smallest absolute Gasteiger partial charge is 0.223 e. The van der Waals surface area contributed by atoms with E-state index in [0.717, 1.165) is 17.0 Å². The first kappa shape index (κ1) is 17.3. The van der Waals surface area contributed by atoms with Crippen LogP contribution in [0.3, 0.4) is 0 Å². The molecule has 1 amide bonds. The maximum Gasteiger partial charge on any atom is 0.223 e. The summed E-state index contributed by atoms with van der Waals surface area (Å²) in [5.41, 5.74) is 0.140. The molecule has 1 aromatic carbocycles. The lowest BCUT2D eigenvalue weighted by atomic mass is 10.2. The van der Waals surface area contributed by atoms with Crippen molar-refractivity contribution in [1.82, 2.24) is 9.88 Å². The second-order valence-corrected chi connectivity index (χ2v) is 6.60. The summed E-state index contributed by atoms with van der Waals surface area (Å²) in [5, 5.41) is 1.97. The molecule has 0 aliphatic carbocycles. The van der Waals surface area contributed by atoms with Gasteiger partial charge in [-0.3, -0.25) is 4.79 Å². The van der Waals surface area contributed by atoms with Crippen LogP contribution < -0.4 is 0 Å². The highest BCUT2D eigenvalue weighted by Gasteiger charge is 2.14. The molecular formula is C18H16F2N2O2S. The van der Waals surface area contributed by atoms with Crippen LogP contribution in [0.2, 0.25) is 0 Å². The number of rotatable bonds is 6. The molecule has 0 aliphatic rings. The Balaban J connectivity index is 1.59. The van der Waals surface area contributed by atoms with Crippen molar-refractivity contribution in [1.29, 1.82) is 0 Å². The maximum atomic E-state index is 13.8. The fraction of sp³-hybridized carbons (Fsp3) is 0.222. The van der Waals surface area contributed by atoms with Gasteiger partial charge < -0.3 is 9.32 Å². The molecule has 0 saturated carbocycles. The second-order valence-electron chi connectivity index (χ2n) is 5.57. The number of benzene rings is 1. The molecule has 0 bridgehead atoms. The monoisotopic (exact) mass is 362 g/mol. The predicted octanol–water partition coefficient (Wildman–Crippen LogP) is 4.27. The lowest BCUT2D eigenvalue weighted by molar-refractivity contribution is -0.130.